The van der Waals surface area contributed by atoms with Crippen molar-refractivity contribution in [1.29, 1.82) is 0 Å². The van der Waals surface area contributed by atoms with Gasteiger partial charge in [0.2, 0.25) is 5.91 Å². The lowest BCUT2D eigenvalue weighted by molar-refractivity contribution is -0.118. The lowest BCUT2D eigenvalue weighted by atomic mass is 10.0. The van der Waals surface area contributed by atoms with Crippen LogP contribution in [0.3, 0.4) is 0 Å². The molecule has 26 heavy (non-hydrogen) atoms. The summed E-state index contributed by atoms with van der Waals surface area (Å²) in [6, 6.07) is 14.4. The van der Waals surface area contributed by atoms with Gasteiger partial charge in [0.25, 0.3) is 0 Å². The van der Waals surface area contributed by atoms with E-state index in [0.717, 1.165) is 25.1 Å². The number of para-hydroxylation sites is 1. The van der Waals surface area contributed by atoms with E-state index in [1.165, 1.54) is 17.8 Å². The van der Waals surface area contributed by atoms with Crippen molar-refractivity contribution >= 4 is 11.6 Å². The number of aryl methyl sites for hydroxylation is 2. The molecule has 2 aromatic carbocycles. The molecule has 0 fully saturated rings. The summed E-state index contributed by atoms with van der Waals surface area (Å²) in [6.45, 7) is 0.738. The predicted molar refractivity (Wildman–Crippen MR) is 97.3 cm³/mol. The molecule has 0 radical (unpaired) electrons. The first-order chi connectivity index (χ1) is 12.7. The van der Waals surface area contributed by atoms with Gasteiger partial charge in [0.1, 0.15) is 5.82 Å². The zero-order valence-corrected chi connectivity index (χ0v) is 14.3. The lowest BCUT2D eigenvalue weighted by Crippen LogP contribution is -2.35. The maximum Gasteiger partial charge on any atom is 0.227 e. The molecule has 2 heterocycles. The van der Waals surface area contributed by atoms with Gasteiger partial charge in [-0.1, -0.05) is 30.3 Å². The molecule has 0 unspecified atom stereocenters. The number of hydrogen-bond donors (Lipinski definition) is 0. The number of aromatic nitrogens is 1. The van der Waals surface area contributed by atoms with Gasteiger partial charge in [-0.05, 0) is 36.6 Å². The van der Waals surface area contributed by atoms with Gasteiger partial charge >= 0.3 is 0 Å². The molecule has 0 saturated heterocycles. The Hall–Kier alpha value is -2.95. The van der Waals surface area contributed by atoms with Crippen LogP contribution in [0.15, 0.2) is 59.1 Å². The van der Waals surface area contributed by atoms with Crippen LogP contribution in [0, 0.1) is 5.82 Å². The molecule has 132 valence electrons. The van der Waals surface area contributed by atoms with Crippen LogP contribution in [0.2, 0.25) is 0 Å². The standard InChI is InChI=1S/C21H19FN2O2/c22-17-9-3-2-8-16(17)19-14-23-20(26-19)11-12-21(25)24-13-5-7-15-6-1-4-10-18(15)24/h1-4,6,8-10,14H,5,7,11-13H2. The van der Waals surface area contributed by atoms with Crippen LogP contribution >= 0.6 is 0 Å². The van der Waals surface area contributed by atoms with Gasteiger partial charge in [-0.25, -0.2) is 9.37 Å². The first-order valence-electron chi connectivity index (χ1n) is 8.80. The van der Waals surface area contributed by atoms with E-state index < -0.39 is 0 Å². The van der Waals surface area contributed by atoms with Gasteiger partial charge in [-0.3, -0.25) is 4.79 Å². The van der Waals surface area contributed by atoms with E-state index in [2.05, 4.69) is 11.1 Å². The first kappa shape index (κ1) is 16.5. The van der Waals surface area contributed by atoms with Crippen LogP contribution in [-0.2, 0) is 17.6 Å². The highest BCUT2D eigenvalue weighted by atomic mass is 19.1. The van der Waals surface area contributed by atoms with Crippen molar-refractivity contribution in [3.63, 3.8) is 0 Å². The predicted octanol–water partition coefficient (Wildman–Crippen LogP) is 4.39. The Balaban J connectivity index is 1.44. The molecular formula is C21H19FN2O2. The Morgan fingerprint density at radius 2 is 1.96 bits per heavy atom. The van der Waals surface area contributed by atoms with Gasteiger partial charge in [0, 0.05) is 25.1 Å². The van der Waals surface area contributed by atoms with E-state index in [-0.39, 0.29) is 11.7 Å². The number of amides is 1. The minimum absolute atomic E-state index is 0.0581. The third-order valence-corrected chi connectivity index (χ3v) is 4.66. The SMILES string of the molecule is O=C(CCc1ncc(-c2ccccc2F)o1)N1CCCc2ccccc21. The number of anilines is 1. The topological polar surface area (TPSA) is 46.3 Å². The highest BCUT2D eigenvalue weighted by Crippen LogP contribution is 2.28. The molecule has 0 atom stereocenters. The van der Waals surface area contributed by atoms with E-state index in [9.17, 15) is 9.18 Å². The normalized spacial score (nSPS) is 13.5. The van der Waals surface area contributed by atoms with E-state index in [0.29, 0.717) is 30.1 Å². The number of benzene rings is 2. The zero-order valence-electron chi connectivity index (χ0n) is 14.3. The van der Waals surface area contributed by atoms with Crippen LogP contribution in [0.25, 0.3) is 11.3 Å². The van der Waals surface area contributed by atoms with E-state index >= 15 is 0 Å². The molecule has 0 spiro atoms. The van der Waals surface area contributed by atoms with Gasteiger partial charge in [0.15, 0.2) is 11.7 Å². The monoisotopic (exact) mass is 350 g/mol. The molecule has 1 aliphatic rings. The molecule has 3 aromatic rings. The second kappa shape index (κ2) is 7.12. The maximum absolute atomic E-state index is 13.8. The third-order valence-electron chi connectivity index (χ3n) is 4.66. The van der Waals surface area contributed by atoms with Gasteiger partial charge < -0.3 is 9.32 Å². The number of fused-ring (bicyclic) bond motifs is 1. The first-order valence-corrected chi connectivity index (χ1v) is 8.80. The summed E-state index contributed by atoms with van der Waals surface area (Å²) in [5.41, 5.74) is 2.59. The fraction of sp³-hybridized carbons (Fsp3) is 0.238. The Morgan fingerprint density at radius 1 is 1.15 bits per heavy atom. The maximum atomic E-state index is 13.8. The van der Waals surface area contributed by atoms with E-state index in [1.54, 1.807) is 18.2 Å². The van der Waals surface area contributed by atoms with Crippen molar-refractivity contribution in [3.8, 4) is 11.3 Å². The van der Waals surface area contributed by atoms with Crippen LogP contribution in [-0.4, -0.2) is 17.4 Å². The van der Waals surface area contributed by atoms with Crippen molar-refractivity contribution in [2.45, 2.75) is 25.7 Å². The van der Waals surface area contributed by atoms with Crippen LogP contribution in [0.4, 0.5) is 10.1 Å². The Bertz CT molecular complexity index is 935. The average molecular weight is 350 g/mol. The number of oxazole rings is 1. The van der Waals surface area contributed by atoms with E-state index in [1.807, 2.05) is 23.1 Å². The van der Waals surface area contributed by atoms with Crippen molar-refractivity contribution in [2.75, 3.05) is 11.4 Å². The van der Waals surface area contributed by atoms with Crippen molar-refractivity contribution in [1.82, 2.24) is 4.98 Å². The molecule has 1 aromatic heterocycles. The lowest BCUT2D eigenvalue weighted by Gasteiger charge is -2.29. The number of hydrogen-bond acceptors (Lipinski definition) is 3. The molecular weight excluding hydrogens is 331 g/mol. The van der Waals surface area contributed by atoms with Crippen LogP contribution in [0.5, 0.6) is 0 Å². The zero-order chi connectivity index (χ0) is 17.9. The fourth-order valence-electron chi connectivity index (χ4n) is 3.35. The van der Waals surface area contributed by atoms with Crippen LogP contribution < -0.4 is 4.90 Å². The Kier molecular flexibility index (Phi) is 4.52. The summed E-state index contributed by atoms with van der Waals surface area (Å²) < 4.78 is 19.5. The average Bonchev–Trinajstić information content (AvgIpc) is 3.15. The van der Waals surface area contributed by atoms with Gasteiger partial charge in [-0.2, -0.15) is 0 Å². The molecule has 0 N–H and O–H groups in total. The van der Waals surface area contributed by atoms with Crippen molar-refractivity contribution < 1.29 is 13.6 Å². The smallest absolute Gasteiger partial charge is 0.227 e. The number of halogens is 1. The number of carbonyl (C=O) groups excluding carboxylic acids is 1. The quantitative estimate of drug-likeness (QED) is 0.701. The van der Waals surface area contributed by atoms with Crippen LogP contribution in [0.1, 0.15) is 24.3 Å². The minimum Gasteiger partial charge on any atom is -0.441 e. The number of carbonyl (C=O) groups is 1. The summed E-state index contributed by atoms with van der Waals surface area (Å²) in [6.07, 6.45) is 4.19. The summed E-state index contributed by atoms with van der Waals surface area (Å²) in [5, 5.41) is 0. The van der Waals surface area contributed by atoms with Gasteiger partial charge in [0.05, 0.1) is 11.8 Å². The fourth-order valence-corrected chi connectivity index (χ4v) is 3.35. The number of nitrogens with zero attached hydrogens (tertiary/aromatic N) is 2. The van der Waals surface area contributed by atoms with Gasteiger partial charge in [-0.15, -0.1) is 0 Å². The summed E-state index contributed by atoms with van der Waals surface area (Å²) in [5.74, 6) is 0.537. The minimum atomic E-state index is -0.351. The third kappa shape index (κ3) is 3.25. The molecule has 4 rings (SSSR count). The van der Waals surface area contributed by atoms with Crippen molar-refractivity contribution in [2.24, 2.45) is 0 Å². The highest BCUT2D eigenvalue weighted by molar-refractivity contribution is 5.94. The Labute approximate surface area is 151 Å². The second-order valence-corrected chi connectivity index (χ2v) is 6.38. The largest absolute Gasteiger partial charge is 0.441 e. The molecule has 0 aliphatic carbocycles. The summed E-state index contributed by atoms with van der Waals surface area (Å²) >= 11 is 0. The summed E-state index contributed by atoms with van der Waals surface area (Å²) in [4.78, 5) is 18.7. The molecule has 0 saturated carbocycles. The van der Waals surface area contributed by atoms with E-state index in [4.69, 9.17) is 4.42 Å². The summed E-state index contributed by atoms with van der Waals surface area (Å²) in [7, 11) is 0. The Morgan fingerprint density at radius 3 is 2.85 bits per heavy atom. The second-order valence-electron chi connectivity index (χ2n) is 6.38. The molecule has 1 aliphatic heterocycles. The highest BCUT2D eigenvalue weighted by Gasteiger charge is 2.22. The van der Waals surface area contributed by atoms with Crippen molar-refractivity contribution in [3.05, 3.63) is 72.0 Å². The molecule has 0 bridgehead atoms. The molecule has 1 amide bonds. The molecule has 5 heteroatoms. The number of rotatable bonds is 4. The molecule has 4 nitrogen and oxygen atoms in total.